The monoisotopic (exact) mass is 286 g/mol. The highest BCUT2D eigenvalue weighted by Crippen LogP contribution is 2.22. The lowest BCUT2D eigenvalue weighted by atomic mass is 10.5. The summed E-state index contributed by atoms with van der Waals surface area (Å²) in [5, 5.41) is 1.88. The van der Waals surface area contributed by atoms with Gasteiger partial charge < -0.3 is 4.12 Å². The van der Waals surface area contributed by atoms with Crippen molar-refractivity contribution in [2.75, 3.05) is 5.38 Å². The van der Waals surface area contributed by atoms with Crippen LogP contribution in [0.2, 0.25) is 32.7 Å². The third-order valence-corrected chi connectivity index (χ3v) is 10.4. The van der Waals surface area contributed by atoms with Crippen LogP contribution in [0.3, 0.4) is 0 Å². The highest BCUT2D eigenvalue weighted by Gasteiger charge is 2.29. The van der Waals surface area contributed by atoms with Crippen LogP contribution in [-0.4, -0.2) is 32.0 Å². The number of thioether (sulfide) groups is 1. The molecule has 0 bridgehead atoms. The molecule has 17 heavy (non-hydrogen) atoms. The normalized spacial score (nSPS) is 12.8. The first-order chi connectivity index (χ1) is 7.68. The van der Waals surface area contributed by atoms with E-state index in [1.807, 2.05) is 19.2 Å². The van der Waals surface area contributed by atoms with Crippen LogP contribution in [0.1, 0.15) is 5.69 Å². The molecule has 0 radical (unpaired) electrons. The highest BCUT2D eigenvalue weighted by molar-refractivity contribution is 8.00. The van der Waals surface area contributed by atoms with Crippen molar-refractivity contribution in [3.8, 4) is 0 Å². The van der Waals surface area contributed by atoms with Gasteiger partial charge in [-0.25, -0.2) is 9.97 Å². The summed E-state index contributed by atoms with van der Waals surface area (Å²) in [5.74, 6) is 0. The van der Waals surface area contributed by atoms with Crippen molar-refractivity contribution in [1.82, 2.24) is 9.97 Å². The van der Waals surface area contributed by atoms with Crippen LogP contribution in [0.15, 0.2) is 17.4 Å². The van der Waals surface area contributed by atoms with Crippen LogP contribution in [-0.2, 0) is 4.12 Å². The molecule has 0 saturated carbocycles. The zero-order chi connectivity index (χ0) is 13.1. The Balaban J connectivity index is 2.55. The fourth-order valence-electron chi connectivity index (χ4n) is 1.59. The first-order valence-electron chi connectivity index (χ1n) is 5.81. The van der Waals surface area contributed by atoms with Crippen molar-refractivity contribution in [3.63, 3.8) is 0 Å². The summed E-state index contributed by atoms with van der Waals surface area (Å²) in [7, 11) is -3.03. The summed E-state index contributed by atoms with van der Waals surface area (Å²) in [6.45, 7) is 13.3. The predicted molar refractivity (Wildman–Crippen MR) is 79.4 cm³/mol. The molecular weight excluding hydrogens is 264 g/mol. The summed E-state index contributed by atoms with van der Waals surface area (Å²) < 4.78 is 6.28. The van der Waals surface area contributed by atoms with E-state index in [9.17, 15) is 0 Å². The SMILES string of the molecule is Cc1ccnc(SC[Si](C)(C)O[Si](C)(C)C)n1. The molecule has 0 aromatic carbocycles. The van der Waals surface area contributed by atoms with Crippen LogP contribution >= 0.6 is 11.8 Å². The Bertz CT molecular complexity index is 380. The summed E-state index contributed by atoms with van der Waals surface area (Å²) in [4.78, 5) is 8.67. The van der Waals surface area contributed by atoms with Crippen LogP contribution in [0.4, 0.5) is 0 Å². The molecule has 0 N–H and O–H groups in total. The Kier molecular flexibility index (Phi) is 4.94. The van der Waals surface area contributed by atoms with Gasteiger partial charge in [-0.3, -0.25) is 0 Å². The molecule has 1 aromatic heterocycles. The minimum absolute atomic E-state index is 0.866. The van der Waals surface area contributed by atoms with Gasteiger partial charge in [-0.1, -0.05) is 11.8 Å². The van der Waals surface area contributed by atoms with Crippen molar-refractivity contribution < 1.29 is 4.12 Å². The molecule has 96 valence electrons. The lowest BCUT2D eigenvalue weighted by molar-refractivity contribution is 0.558. The quantitative estimate of drug-likeness (QED) is 0.471. The fraction of sp³-hybridized carbons (Fsp3) is 0.636. The van der Waals surface area contributed by atoms with E-state index in [-0.39, 0.29) is 0 Å². The van der Waals surface area contributed by atoms with Gasteiger partial charge in [-0.2, -0.15) is 0 Å². The first-order valence-corrected chi connectivity index (χ1v) is 13.3. The second-order valence-electron chi connectivity index (χ2n) is 5.74. The average Bonchev–Trinajstić information content (AvgIpc) is 2.11. The van der Waals surface area contributed by atoms with Gasteiger partial charge in [0.05, 0.1) is 0 Å². The third kappa shape index (κ3) is 6.35. The van der Waals surface area contributed by atoms with Gasteiger partial charge in [-0.05, 0) is 45.7 Å². The fourth-order valence-corrected chi connectivity index (χ4v) is 11.2. The van der Waals surface area contributed by atoms with E-state index in [0.717, 1.165) is 16.2 Å². The minimum Gasteiger partial charge on any atom is -0.455 e. The molecule has 0 fully saturated rings. The molecule has 0 aliphatic heterocycles. The molecule has 3 nitrogen and oxygen atoms in total. The minimum atomic E-state index is -1.59. The lowest BCUT2D eigenvalue weighted by Crippen LogP contribution is -2.44. The van der Waals surface area contributed by atoms with Crippen molar-refractivity contribution in [1.29, 1.82) is 0 Å². The predicted octanol–water partition coefficient (Wildman–Crippen LogP) is 3.47. The van der Waals surface area contributed by atoms with Crippen molar-refractivity contribution >= 4 is 28.4 Å². The van der Waals surface area contributed by atoms with E-state index < -0.39 is 16.6 Å². The zero-order valence-electron chi connectivity index (χ0n) is 11.6. The molecule has 0 amide bonds. The first kappa shape index (κ1) is 14.9. The van der Waals surface area contributed by atoms with Gasteiger partial charge in [0, 0.05) is 17.3 Å². The molecular formula is C11H22N2OSSi2. The van der Waals surface area contributed by atoms with Crippen molar-refractivity contribution in [2.45, 2.75) is 44.8 Å². The maximum atomic E-state index is 6.28. The molecule has 0 atom stereocenters. The molecule has 0 aliphatic rings. The number of aryl methyl sites for hydroxylation is 1. The second kappa shape index (κ2) is 5.64. The lowest BCUT2D eigenvalue weighted by Gasteiger charge is -2.30. The number of aromatic nitrogens is 2. The average molecular weight is 287 g/mol. The van der Waals surface area contributed by atoms with Crippen LogP contribution in [0.25, 0.3) is 0 Å². The van der Waals surface area contributed by atoms with E-state index >= 15 is 0 Å². The van der Waals surface area contributed by atoms with Gasteiger partial charge in [0.25, 0.3) is 0 Å². The van der Waals surface area contributed by atoms with Crippen LogP contribution < -0.4 is 0 Å². The maximum absolute atomic E-state index is 6.28. The van der Waals surface area contributed by atoms with E-state index in [4.69, 9.17) is 4.12 Å². The largest absolute Gasteiger partial charge is 0.455 e. The molecule has 1 heterocycles. The number of hydrogen-bond donors (Lipinski definition) is 0. The van der Waals surface area contributed by atoms with E-state index in [2.05, 4.69) is 42.7 Å². The van der Waals surface area contributed by atoms with Crippen molar-refractivity contribution in [2.24, 2.45) is 0 Å². The Hall–Kier alpha value is -0.176. The molecule has 0 saturated heterocycles. The summed E-state index contributed by atoms with van der Waals surface area (Å²) in [6.07, 6.45) is 1.82. The molecule has 1 rings (SSSR count). The van der Waals surface area contributed by atoms with Gasteiger partial charge in [0.1, 0.15) is 0 Å². The van der Waals surface area contributed by atoms with E-state index in [1.165, 1.54) is 0 Å². The summed E-state index contributed by atoms with van der Waals surface area (Å²) >= 11 is 1.72. The Labute approximate surface area is 111 Å². The molecule has 0 unspecified atom stereocenters. The van der Waals surface area contributed by atoms with E-state index in [1.54, 1.807) is 11.8 Å². The molecule has 0 spiro atoms. The maximum Gasteiger partial charge on any atom is 0.187 e. The topological polar surface area (TPSA) is 35.0 Å². The van der Waals surface area contributed by atoms with Crippen LogP contribution in [0.5, 0.6) is 0 Å². The van der Waals surface area contributed by atoms with Crippen molar-refractivity contribution in [3.05, 3.63) is 18.0 Å². The Morgan fingerprint density at radius 3 is 2.41 bits per heavy atom. The zero-order valence-corrected chi connectivity index (χ0v) is 14.4. The molecule has 6 heteroatoms. The number of hydrogen-bond acceptors (Lipinski definition) is 4. The van der Waals surface area contributed by atoms with Gasteiger partial charge in [-0.15, -0.1) is 0 Å². The number of nitrogens with zero attached hydrogens (tertiary/aromatic N) is 2. The standard InChI is InChI=1S/C11H22N2OSSi2/c1-10-7-8-12-11(13-10)15-9-17(5,6)14-16(2,3)4/h7-8H,9H2,1-6H3. The summed E-state index contributed by atoms with van der Waals surface area (Å²) in [5.41, 5.74) is 1.02. The van der Waals surface area contributed by atoms with Gasteiger partial charge >= 0.3 is 0 Å². The van der Waals surface area contributed by atoms with Gasteiger partial charge in [0.15, 0.2) is 21.8 Å². The molecule has 0 aliphatic carbocycles. The van der Waals surface area contributed by atoms with Crippen LogP contribution in [0, 0.1) is 6.92 Å². The second-order valence-corrected chi connectivity index (χ2v) is 16.1. The van der Waals surface area contributed by atoms with Gasteiger partial charge in [0.2, 0.25) is 0 Å². The Morgan fingerprint density at radius 1 is 1.24 bits per heavy atom. The molecule has 1 aromatic rings. The number of rotatable bonds is 5. The Morgan fingerprint density at radius 2 is 1.88 bits per heavy atom. The smallest absolute Gasteiger partial charge is 0.187 e. The third-order valence-electron chi connectivity index (χ3n) is 1.90. The highest BCUT2D eigenvalue weighted by atomic mass is 32.2. The van der Waals surface area contributed by atoms with E-state index in [0.29, 0.717) is 0 Å². The summed E-state index contributed by atoms with van der Waals surface area (Å²) in [6, 6.07) is 1.92.